The van der Waals surface area contributed by atoms with Crippen LogP contribution in [-0.2, 0) is 15.7 Å². The van der Waals surface area contributed by atoms with Gasteiger partial charge in [0.05, 0.1) is 27.4 Å². The third-order valence-electron chi connectivity index (χ3n) is 3.88. The minimum atomic E-state index is -1.16. The lowest BCUT2D eigenvalue weighted by Crippen LogP contribution is -2.36. The second-order valence-electron chi connectivity index (χ2n) is 9.23. The minimum Gasteiger partial charge on any atom is -0.459 e. The van der Waals surface area contributed by atoms with E-state index in [9.17, 15) is 9.00 Å². The average Bonchev–Trinajstić information content (AvgIpc) is 2.48. The van der Waals surface area contributed by atoms with E-state index < -0.39 is 11.0 Å². The van der Waals surface area contributed by atoms with Gasteiger partial charge in [-0.05, 0) is 70.6 Å². The molecule has 0 aliphatic carbocycles. The largest absolute Gasteiger partial charge is 0.459 e. The highest BCUT2D eigenvalue weighted by molar-refractivity contribution is 7.84. The molecule has 1 N–H and O–H groups in total. The van der Waals surface area contributed by atoms with Crippen molar-refractivity contribution < 1.29 is 13.7 Å². The number of carbonyl (C=O) groups is 1. The maximum atomic E-state index is 12.6. The maximum Gasteiger partial charge on any atom is 0.338 e. The average molecular weight is 382 g/mol. The van der Waals surface area contributed by atoms with E-state index in [1.807, 2.05) is 46.8 Å². The molecular weight excluding hydrogens is 346 g/mol. The predicted molar refractivity (Wildman–Crippen MR) is 109 cm³/mol. The number of carbonyl (C=O) groups excluding carboxylic acids is 1. The monoisotopic (exact) mass is 381 g/mol. The molecule has 0 spiro atoms. The highest BCUT2D eigenvalue weighted by Crippen LogP contribution is 2.29. The molecule has 2 atom stereocenters. The number of hydrogen-bond donors (Lipinski definition) is 1. The number of nitrogens with one attached hydrogen (secondary N) is 1. The fourth-order valence-electron chi connectivity index (χ4n) is 2.31. The van der Waals surface area contributed by atoms with Gasteiger partial charge in [0, 0.05) is 6.04 Å². The van der Waals surface area contributed by atoms with Crippen LogP contribution in [0.3, 0.4) is 0 Å². The Hall–Kier alpha value is -1.20. The minimum absolute atomic E-state index is 0.0237. The summed E-state index contributed by atoms with van der Waals surface area (Å²) in [5.41, 5.74) is 1.77. The van der Waals surface area contributed by atoms with Crippen molar-refractivity contribution >= 4 is 17.0 Å². The Morgan fingerprint density at radius 3 is 2.04 bits per heavy atom. The molecule has 0 aromatic heterocycles. The van der Waals surface area contributed by atoms with Crippen LogP contribution in [0.1, 0.15) is 90.2 Å². The van der Waals surface area contributed by atoms with E-state index in [1.54, 1.807) is 12.1 Å². The van der Waals surface area contributed by atoms with Gasteiger partial charge in [-0.2, -0.15) is 0 Å². The summed E-state index contributed by atoms with van der Waals surface area (Å²) >= 11 is 0. The van der Waals surface area contributed by atoms with Crippen molar-refractivity contribution in [2.75, 3.05) is 0 Å². The third kappa shape index (κ3) is 8.00. The Morgan fingerprint density at radius 1 is 1.08 bits per heavy atom. The molecule has 0 aliphatic heterocycles. The van der Waals surface area contributed by atoms with Crippen molar-refractivity contribution in [3.63, 3.8) is 0 Å². The van der Waals surface area contributed by atoms with Crippen LogP contribution in [-0.4, -0.2) is 21.0 Å². The highest BCUT2D eigenvalue weighted by Gasteiger charge is 2.25. The van der Waals surface area contributed by atoms with Gasteiger partial charge in [-0.25, -0.2) is 13.7 Å². The third-order valence-corrected chi connectivity index (χ3v) is 5.49. The first-order valence-corrected chi connectivity index (χ1v) is 10.4. The number of rotatable bonds is 7. The molecular formula is C21H35NO3S. The molecule has 0 aliphatic rings. The van der Waals surface area contributed by atoms with Gasteiger partial charge in [-0.1, -0.05) is 32.9 Å². The summed E-state index contributed by atoms with van der Waals surface area (Å²) in [6, 6.07) is 7.40. The second kappa shape index (κ2) is 9.14. The first kappa shape index (κ1) is 22.8. The zero-order valence-corrected chi connectivity index (χ0v) is 18.3. The quantitative estimate of drug-likeness (QED) is 0.663. The van der Waals surface area contributed by atoms with E-state index >= 15 is 0 Å². The molecule has 148 valence electrons. The molecule has 0 heterocycles. The van der Waals surface area contributed by atoms with Crippen LogP contribution in [0.25, 0.3) is 0 Å². The van der Waals surface area contributed by atoms with Gasteiger partial charge in [0.2, 0.25) is 0 Å². The number of esters is 1. The first-order valence-electron chi connectivity index (χ1n) is 9.28. The summed E-state index contributed by atoms with van der Waals surface area (Å²) in [6.07, 6.45) is 1.74. The molecule has 1 rings (SSSR count). The molecule has 1 aromatic carbocycles. The van der Waals surface area contributed by atoms with Crippen molar-refractivity contribution in [2.45, 2.75) is 85.1 Å². The van der Waals surface area contributed by atoms with Crippen LogP contribution in [0.15, 0.2) is 24.3 Å². The molecule has 0 saturated carbocycles. The van der Waals surface area contributed by atoms with E-state index in [1.165, 1.54) is 0 Å². The number of hydrogen-bond acceptors (Lipinski definition) is 3. The molecule has 0 fully saturated rings. The lowest BCUT2D eigenvalue weighted by molar-refractivity contribution is 0.0378. The van der Waals surface area contributed by atoms with Gasteiger partial charge in [0.1, 0.15) is 0 Å². The Kier molecular flexibility index (Phi) is 8.03. The summed E-state index contributed by atoms with van der Waals surface area (Å²) in [5, 5.41) is 0. The summed E-state index contributed by atoms with van der Waals surface area (Å²) in [6.45, 7) is 16.2. The van der Waals surface area contributed by atoms with Gasteiger partial charge in [0.25, 0.3) is 0 Å². The van der Waals surface area contributed by atoms with Crippen LogP contribution in [0.4, 0.5) is 0 Å². The van der Waals surface area contributed by atoms with Gasteiger partial charge >= 0.3 is 5.97 Å². The lowest BCUT2D eigenvalue weighted by Gasteiger charge is -2.27. The lowest BCUT2D eigenvalue weighted by atomic mass is 9.87. The van der Waals surface area contributed by atoms with Gasteiger partial charge in [-0.15, -0.1) is 0 Å². The molecule has 0 amide bonds. The van der Waals surface area contributed by atoms with Gasteiger partial charge < -0.3 is 4.74 Å². The maximum absolute atomic E-state index is 12.6. The van der Waals surface area contributed by atoms with Crippen LogP contribution >= 0.6 is 0 Å². The Labute approximate surface area is 161 Å². The molecule has 1 unspecified atom stereocenters. The molecule has 1 aromatic rings. The topological polar surface area (TPSA) is 55.4 Å². The van der Waals surface area contributed by atoms with Gasteiger partial charge in [0.15, 0.2) is 0 Å². The summed E-state index contributed by atoms with van der Waals surface area (Å²) in [4.78, 5) is 12.0. The summed E-state index contributed by atoms with van der Waals surface area (Å²) < 4.78 is 20.8. The zero-order valence-electron chi connectivity index (χ0n) is 17.5. The Balaban J connectivity index is 2.98. The van der Waals surface area contributed by atoms with Crippen LogP contribution < -0.4 is 4.72 Å². The standard InChI is InChI=1S/C21H35NO3S/c1-15(2)25-19(23)17-11-9-16(10-12-17)18(13-14-20(3,4)5)22-26(24)21(6,7)8/h9-12,15,18,22H,13-14H2,1-8H3/t18-,26?/m1/s1. The van der Waals surface area contributed by atoms with Crippen molar-refractivity contribution in [3.05, 3.63) is 35.4 Å². The molecule has 0 radical (unpaired) electrons. The number of ether oxygens (including phenoxy) is 1. The fourth-order valence-corrected chi connectivity index (χ4v) is 3.18. The van der Waals surface area contributed by atoms with Crippen molar-refractivity contribution in [2.24, 2.45) is 5.41 Å². The summed E-state index contributed by atoms with van der Waals surface area (Å²) in [5.74, 6) is -0.316. The van der Waals surface area contributed by atoms with E-state index in [0.717, 1.165) is 18.4 Å². The number of benzene rings is 1. The molecule has 0 saturated heterocycles. The van der Waals surface area contributed by atoms with Crippen molar-refractivity contribution in [3.8, 4) is 0 Å². The van der Waals surface area contributed by atoms with Gasteiger partial charge in [-0.3, -0.25) is 0 Å². The smallest absolute Gasteiger partial charge is 0.338 e. The fraction of sp³-hybridized carbons (Fsp3) is 0.667. The second-order valence-corrected chi connectivity index (χ2v) is 11.2. The van der Waals surface area contributed by atoms with E-state index in [-0.39, 0.29) is 28.3 Å². The van der Waals surface area contributed by atoms with E-state index in [4.69, 9.17) is 4.74 Å². The normalized spacial score (nSPS) is 15.0. The van der Waals surface area contributed by atoms with E-state index in [2.05, 4.69) is 25.5 Å². The molecule has 4 nitrogen and oxygen atoms in total. The molecule has 5 heteroatoms. The van der Waals surface area contributed by atoms with Crippen LogP contribution in [0.2, 0.25) is 0 Å². The van der Waals surface area contributed by atoms with Crippen LogP contribution in [0.5, 0.6) is 0 Å². The predicted octanol–water partition coefficient (Wildman–Crippen LogP) is 5.17. The Morgan fingerprint density at radius 2 is 1.62 bits per heavy atom. The van der Waals surface area contributed by atoms with E-state index in [0.29, 0.717) is 5.56 Å². The zero-order chi connectivity index (χ0) is 20.1. The molecule has 26 heavy (non-hydrogen) atoms. The van der Waals surface area contributed by atoms with Crippen LogP contribution in [0, 0.1) is 5.41 Å². The van der Waals surface area contributed by atoms with Crippen molar-refractivity contribution in [1.29, 1.82) is 0 Å². The highest BCUT2D eigenvalue weighted by atomic mass is 32.2. The van der Waals surface area contributed by atoms with Crippen molar-refractivity contribution in [1.82, 2.24) is 4.72 Å². The molecule has 0 bridgehead atoms. The SMILES string of the molecule is CC(C)OC(=O)c1ccc([C@@H](CCC(C)(C)C)NS(=O)C(C)(C)C)cc1. The Bertz CT molecular complexity index is 610. The summed E-state index contributed by atoms with van der Waals surface area (Å²) in [7, 11) is -1.16. The first-order chi connectivity index (χ1) is 11.8.